The predicted molar refractivity (Wildman–Crippen MR) is 76.0 cm³/mol. The van der Waals surface area contributed by atoms with Crippen LogP contribution in [0.3, 0.4) is 0 Å². The zero-order valence-corrected chi connectivity index (χ0v) is 11.9. The zero-order chi connectivity index (χ0) is 15.7. The van der Waals surface area contributed by atoms with E-state index in [2.05, 4.69) is 15.5 Å². The third kappa shape index (κ3) is 2.69. The number of nitrogens with one attached hydrogen (secondary N) is 1. The summed E-state index contributed by atoms with van der Waals surface area (Å²) in [6.07, 6.45) is 4.86. The summed E-state index contributed by atoms with van der Waals surface area (Å²) in [7, 11) is 0. The molecule has 0 spiro atoms. The molecule has 114 valence electrons. The first-order chi connectivity index (χ1) is 10.6. The second-order valence-electron chi connectivity index (χ2n) is 5.32. The van der Waals surface area contributed by atoms with Crippen LogP contribution >= 0.6 is 0 Å². The fraction of sp³-hybridized carbons (Fsp3) is 0.333. The molecule has 2 N–H and O–H groups in total. The molecule has 0 bridgehead atoms. The third-order valence-corrected chi connectivity index (χ3v) is 3.57. The molecule has 7 heteroatoms. The van der Waals surface area contributed by atoms with Gasteiger partial charge in [-0.2, -0.15) is 0 Å². The molecule has 0 radical (unpaired) electrons. The molecular formula is C15H15N3O4. The van der Waals surface area contributed by atoms with Crippen molar-refractivity contribution in [3.05, 3.63) is 35.9 Å². The quantitative estimate of drug-likeness (QED) is 0.875. The van der Waals surface area contributed by atoms with E-state index in [1.165, 1.54) is 6.20 Å². The maximum absolute atomic E-state index is 11.8. The number of nitrogens with zero attached hydrogens (tertiary/aromatic N) is 2. The van der Waals surface area contributed by atoms with Gasteiger partial charge in [-0.25, -0.2) is 4.79 Å². The fourth-order valence-corrected chi connectivity index (χ4v) is 2.25. The second-order valence-corrected chi connectivity index (χ2v) is 5.32. The van der Waals surface area contributed by atoms with Crippen LogP contribution in [0.2, 0.25) is 0 Å². The summed E-state index contributed by atoms with van der Waals surface area (Å²) in [6.45, 7) is 1.68. The van der Waals surface area contributed by atoms with Crippen LogP contribution in [-0.2, 0) is 4.79 Å². The number of carboxylic acid groups (broad SMARTS) is 1. The van der Waals surface area contributed by atoms with Gasteiger partial charge in [-0.1, -0.05) is 5.16 Å². The smallest absolute Gasteiger partial charge is 0.341 e. The summed E-state index contributed by atoms with van der Waals surface area (Å²) in [5.74, 6) is -1.05. The van der Waals surface area contributed by atoms with Gasteiger partial charge in [0, 0.05) is 23.9 Å². The van der Waals surface area contributed by atoms with E-state index in [0.29, 0.717) is 5.56 Å². The van der Waals surface area contributed by atoms with E-state index < -0.39 is 12.0 Å². The van der Waals surface area contributed by atoms with E-state index in [0.717, 1.165) is 12.8 Å². The highest BCUT2D eigenvalue weighted by molar-refractivity contribution is 5.96. The van der Waals surface area contributed by atoms with Crippen LogP contribution in [0.15, 0.2) is 29.0 Å². The Morgan fingerprint density at radius 3 is 2.82 bits per heavy atom. The molecule has 0 aliphatic heterocycles. The van der Waals surface area contributed by atoms with E-state index in [-0.39, 0.29) is 28.8 Å². The molecule has 1 aliphatic rings. The highest BCUT2D eigenvalue weighted by Crippen LogP contribution is 2.32. The number of amides is 1. The second kappa shape index (κ2) is 5.59. The van der Waals surface area contributed by atoms with Crippen LogP contribution in [0.4, 0.5) is 0 Å². The van der Waals surface area contributed by atoms with Crippen LogP contribution in [0.5, 0.6) is 0 Å². The molecule has 2 heterocycles. The Labute approximate surface area is 126 Å². The lowest BCUT2D eigenvalue weighted by Gasteiger charge is -2.11. The Hall–Kier alpha value is -2.70. The highest BCUT2D eigenvalue weighted by atomic mass is 16.5. The first-order valence-electron chi connectivity index (χ1n) is 7.01. The zero-order valence-electron chi connectivity index (χ0n) is 11.9. The topological polar surface area (TPSA) is 105 Å². The van der Waals surface area contributed by atoms with Gasteiger partial charge in [0.25, 0.3) is 0 Å². The van der Waals surface area contributed by atoms with Gasteiger partial charge in [0.2, 0.25) is 5.91 Å². The van der Waals surface area contributed by atoms with E-state index in [1.54, 1.807) is 25.3 Å². The van der Waals surface area contributed by atoms with Gasteiger partial charge in [-0.05, 0) is 31.9 Å². The summed E-state index contributed by atoms with van der Waals surface area (Å²) < 4.78 is 5.20. The molecule has 2 aromatic heterocycles. The Bertz CT molecular complexity index is 707. The van der Waals surface area contributed by atoms with E-state index >= 15 is 0 Å². The number of carbonyl (C=O) groups excluding carboxylic acids is 1. The monoisotopic (exact) mass is 301 g/mol. The minimum absolute atomic E-state index is 0.0384. The van der Waals surface area contributed by atoms with Gasteiger partial charge in [0.15, 0.2) is 5.76 Å². The molecule has 0 unspecified atom stereocenters. The first-order valence-corrected chi connectivity index (χ1v) is 7.01. The summed E-state index contributed by atoms with van der Waals surface area (Å²) in [5, 5.41) is 16.1. The predicted octanol–water partition coefficient (Wildman–Crippen LogP) is 2.02. The van der Waals surface area contributed by atoms with Gasteiger partial charge in [0.1, 0.15) is 11.3 Å². The average molecular weight is 301 g/mol. The van der Waals surface area contributed by atoms with Gasteiger partial charge in [0.05, 0.1) is 6.04 Å². The van der Waals surface area contributed by atoms with Crippen molar-refractivity contribution in [2.75, 3.05) is 0 Å². The van der Waals surface area contributed by atoms with Crippen molar-refractivity contribution in [2.45, 2.75) is 25.8 Å². The molecule has 1 aliphatic carbocycles. The van der Waals surface area contributed by atoms with Crippen LogP contribution < -0.4 is 5.32 Å². The molecule has 2 aromatic rings. The summed E-state index contributed by atoms with van der Waals surface area (Å²) in [5.41, 5.74) is 0.718. The minimum atomic E-state index is -1.15. The van der Waals surface area contributed by atoms with E-state index in [9.17, 15) is 14.7 Å². The third-order valence-electron chi connectivity index (χ3n) is 3.57. The molecule has 1 amide bonds. The number of hydrogen-bond acceptors (Lipinski definition) is 5. The number of hydrogen-bond donors (Lipinski definition) is 2. The van der Waals surface area contributed by atoms with Crippen LogP contribution in [0, 0.1) is 5.92 Å². The Morgan fingerprint density at radius 1 is 1.45 bits per heavy atom. The van der Waals surface area contributed by atoms with Crippen molar-refractivity contribution >= 4 is 11.9 Å². The number of carbonyl (C=O) groups is 2. The van der Waals surface area contributed by atoms with Crippen LogP contribution in [0.1, 0.15) is 41.9 Å². The number of aromatic carboxylic acids is 1. The molecule has 3 rings (SSSR count). The van der Waals surface area contributed by atoms with Crippen molar-refractivity contribution in [3.63, 3.8) is 0 Å². The van der Waals surface area contributed by atoms with E-state index in [4.69, 9.17) is 4.52 Å². The number of pyridine rings is 1. The van der Waals surface area contributed by atoms with Crippen LogP contribution in [0.25, 0.3) is 11.3 Å². The minimum Gasteiger partial charge on any atom is -0.477 e. The van der Waals surface area contributed by atoms with Crippen molar-refractivity contribution in [3.8, 4) is 11.3 Å². The Morgan fingerprint density at radius 2 is 2.23 bits per heavy atom. The maximum Gasteiger partial charge on any atom is 0.341 e. The van der Waals surface area contributed by atoms with Crippen LogP contribution in [-0.4, -0.2) is 27.1 Å². The molecule has 1 saturated carbocycles. The molecule has 1 atom stereocenters. The largest absolute Gasteiger partial charge is 0.477 e. The van der Waals surface area contributed by atoms with Crippen molar-refractivity contribution in [1.82, 2.24) is 15.5 Å². The first kappa shape index (κ1) is 14.2. The molecule has 7 nitrogen and oxygen atoms in total. The number of carboxylic acids is 1. The molecule has 0 aromatic carbocycles. The summed E-state index contributed by atoms with van der Waals surface area (Å²) >= 11 is 0. The van der Waals surface area contributed by atoms with Crippen molar-refractivity contribution < 1.29 is 19.2 Å². The number of aromatic nitrogens is 2. The number of rotatable bonds is 5. The lowest BCUT2D eigenvalue weighted by molar-refractivity contribution is -0.123. The van der Waals surface area contributed by atoms with Crippen molar-refractivity contribution in [1.29, 1.82) is 0 Å². The SMILES string of the molecule is C[C@@H](NC(=O)C1CC1)c1onc(-c2cccnc2)c1C(=O)O. The van der Waals surface area contributed by atoms with Gasteiger partial charge in [-0.3, -0.25) is 9.78 Å². The molecule has 1 fully saturated rings. The Balaban J connectivity index is 1.93. The average Bonchev–Trinajstić information content (AvgIpc) is 3.26. The van der Waals surface area contributed by atoms with E-state index in [1.807, 2.05) is 0 Å². The van der Waals surface area contributed by atoms with Gasteiger partial charge >= 0.3 is 5.97 Å². The lowest BCUT2D eigenvalue weighted by Crippen LogP contribution is -2.28. The molecule has 0 saturated heterocycles. The highest BCUT2D eigenvalue weighted by Gasteiger charge is 2.33. The summed E-state index contributed by atoms with van der Waals surface area (Å²) in [6, 6.07) is 2.83. The maximum atomic E-state index is 11.8. The fourth-order valence-electron chi connectivity index (χ4n) is 2.25. The molecule has 22 heavy (non-hydrogen) atoms. The standard InChI is InChI=1S/C15H15N3O4/c1-8(17-14(19)9-4-5-9)13-11(15(20)21)12(18-22-13)10-3-2-6-16-7-10/h2-3,6-9H,4-5H2,1H3,(H,17,19)(H,20,21)/t8-/m1/s1. The van der Waals surface area contributed by atoms with Gasteiger partial charge < -0.3 is 14.9 Å². The summed E-state index contributed by atoms with van der Waals surface area (Å²) in [4.78, 5) is 27.3. The normalized spacial score (nSPS) is 15.3. The Kier molecular flexibility index (Phi) is 3.62. The lowest BCUT2D eigenvalue weighted by atomic mass is 10.0. The van der Waals surface area contributed by atoms with Crippen molar-refractivity contribution in [2.24, 2.45) is 5.92 Å². The van der Waals surface area contributed by atoms with Gasteiger partial charge in [-0.15, -0.1) is 0 Å². The molecular weight excluding hydrogens is 286 g/mol.